The molecule has 0 aliphatic carbocycles. The molecule has 1 aliphatic heterocycles. The standard InChI is InChI=1S/C16H14Br2O/c1-10-8-13(17)3-4-14(10)16(18)12-2-5-15-11(9-12)6-7-19-15/h2-5,8-9,16H,6-7H2,1H3. The summed E-state index contributed by atoms with van der Waals surface area (Å²) in [5.41, 5.74) is 5.20. The van der Waals surface area contributed by atoms with E-state index in [1.807, 2.05) is 0 Å². The van der Waals surface area contributed by atoms with E-state index < -0.39 is 0 Å². The van der Waals surface area contributed by atoms with E-state index in [-0.39, 0.29) is 4.83 Å². The highest BCUT2D eigenvalue weighted by molar-refractivity contribution is 9.10. The van der Waals surface area contributed by atoms with Gasteiger partial charge in [0, 0.05) is 10.9 Å². The Morgan fingerprint density at radius 3 is 2.79 bits per heavy atom. The summed E-state index contributed by atoms with van der Waals surface area (Å²) in [6.07, 6.45) is 1.02. The first-order valence-electron chi connectivity index (χ1n) is 6.31. The minimum absolute atomic E-state index is 0.228. The Bertz CT molecular complexity index is 622. The molecule has 2 aromatic carbocycles. The lowest BCUT2D eigenvalue weighted by Crippen LogP contribution is -1.96. The molecule has 1 heterocycles. The van der Waals surface area contributed by atoms with Gasteiger partial charge in [0.05, 0.1) is 11.4 Å². The van der Waals surface area contributed by atoms with Crippen molar-refractivity contribution >= 4 is 31.9 Å². The number of aryl methyl sites for hydroxylation is 1. The van der Waals surface area contributed by atoms with Crippen LogP contribution in [0.4, 0.5) is 0 Å². The maximum absolute atomic E-state index is 5.56. The minimum Gasteiger partial charge on any atom is -0.493 e. The van der Waals surface area contributed by atoms with Crippen molar-refractivity contribution in [1.29, 1.82) is 0 Å². The molecule has 0 saturated carbocycles. The van der Waals surface area contributed by atoms with Gasteiger partial charge in [-0.1, -0.05) is 50.1 Å². The fourth-order valence-corrected chi connectivity index (χ4v) is 3.74. The van der Waals surface area contributed by atoms with Gasteiger partial charge in [-0.3, -0.25) is 0 Å². The quantitative estimate of drug-likeness (QED) is 0.651. The fourth-order valence-electron chi connectivity index (χ4n) is 2.47. The number of alkyl halides is 1. The lowest BCUT2D eigenvalue weighted by Gasteiger charge is -2.15. The number of hydrogen-bond donors (Lipinski definition) is 0. The average Bonchev–Trinajstić information content (AvgIpc) is 2.85. The predicted molar refractivity (Wildman–Crippen MR) is 85.3 cm³/mol. The van der Waals surface area contributed by atoms with Crippen LogP contribution < -0.4 is 4.74 Å². The van der Waals surface area contributed by atoms with Gasteiger partial charge in [0.2, 0.25) is 0 Å². The molecule has 1 nitrogen and oxygen atoms in total. The highest BCUT2D eigenvalue weighted by Gasteiger charge is 2.17. The molecule has 0 spiro atoms. The van der Waals surface area contributed by atoms with Crippen molar-refractivity contribution in [1.82, 2.24) is 0 Å². The molecule has 1 aliphatic rings. The monoisotopic (exact) mass is 380 g/mol. The average molecular weight is 382 g/mol. The van der Waals surface area contributed by atoms with Crippen LogP contribution in [0.1, 0.15) is 27.1 Å². The first kappa shape index (κ1) is 13.2. The molecule has 0 saturated heterocycles. The number of halogens is 2. The van der Waals surface area contributed by atoms with Crippen LogP contribution in [0, 0.1) is 6.92 Å². The van der Waals surface area contributed by atoms with Crippen LogP contribution in [0.5, 0.6) is 5.75 Å². The van der Waals surface area contributed by atoms with Gasteiger partial charge in [0.1, 0.15) is 5.75 Å². The van der Waals surface area contributed by atoms with Crippen LogP contribution in [-0.2, 0) is 6.42 Å². The lowest BCUT2D eigenvalue weighted by molar-refractivity contribution is 0.357. The predicted octanol–water partition coefficient (Wildman–Crippen LogP) is 5.18. The molecular formula is C16H14Br2O. The molecule has 19 heavy (non-hydrogen) atoms. The molecule has 98 valence electrons. The number of hydrogen-bond acceptors (Lipinski definition) is 1. The smallest absolute Gasteiger partial charge is 0.122 e. The van der Waals surface area contributed by atoms with E-state index in [2.05, 4.69) is 75.2 Å². The SMILES string of the molecule is Cc1cc(Br)ccc1C(Br)c1ccc2c(c1)CCO2. The van der Waals surface area contributed by atoms with Crippen molar-refractivity contribution in [3.8, 4) is 5.75 Å². The normalized spacial score (nSPS) is 14.9. The number of benzene rings is 2. The Labute approximate surface area is 130 Å². The zero-order chi connectivity index (χ0) is 13.4. The Morgan fingerprint density at radius 2 is 2.00 bits per heavy atom. The number of ether oxygens (including phenoxy) is 1. The maximum Gasteiger partial charge on any atom is 0.122 e. The van der Waals surface area contributed by atoms with E-state index in [4.69, 9.17) is 4.74 Å². The van der Waals surface area contributed by atoms with Crippen LogP contribution in [0.25, 0.3) is 0 Å². The molecule has 0 amide bonds. The third-order valence-corrected chi connectivity index (χ3v) is 5.03. The van der Waals surface area contributed by atoms with Gasteiger partial charge in [-0.2, -0.15) is 0 Å². The van der Waals surface area contributed by atoms with Gasteiger partial charge >= 0.3 is 0 Å². The highest BCUT2D eigenvalue weighted by atomic mass is 79.9. The number of rotatable bonds is 2. The molecule has 0 bridgehead atoms. The lowest BCUT2D eigenvalue weighted by atomic mass is 9.98. The third-order valence-electron chi connectivity index (χ3n) is 3.51. The summed E-state index contributed by atoms with van der Waals surface area (Å²) < 4.78 is 6.68. The molecule has 3 heteroatoms. The van der Waals surface area contributed by atoms with E-state index in [1.54, 1.807) is 0 Å². The van der Waals surface area contributed by atoms with Crippen LogP contribution in [-0.4, -0.2) is 6.61 Å². The van der Waals surface area contributed by atoms with Crippen molar-refractivity contribution in [2.45, 2.75) is 18.2 Å². The summed E-state index contributed by atoms with van der Waals surface area (Å²) in [6, 6.07) is 12.9. The van der Waals surface area contributed by atoms with Gasteiger partial charge in [-0.05, 0) is 47.4 Å². The summed E-state index contributed by atoms with van der Waals surface area (Å²) in [4.78, 5) is 0.228. The van der Waals surface area contributed by atoms with Crippen LogP contribution in [0.2, 0.25) is 0 Å². The van der Waals surface area contributed by atoms with E-state index in [0.717, 1.165) is 23.2 Å². The molecule has 1 atom stereocenters. The van der Waals surface area contributed by atoms with Crippen molar-refractivity contribution in [2.75, 3.05) is 6.61 Å². The Kier molecular flexibility index (Phi) is 3.68. The molecule has 3 rings (SSSR count). The second-order valence-corrected chi connectivity index (χ2v) is 6.66. The molecule has 0 radical (unpaired) electrons. The maximum atomic E-state index is 5.56. The molecule has 1 unspecified atom stereocenters. The molecule has 0 N–H and O–H groups in total. The summed E-state index contributed by atoms with van der Waals surface area (Å²) in [5, 5.41) is 0. The van der Waals surface area contributed by atoms with Gasteiger partial charge < -0.3 is 4.74 Å². The number of fused-ring (bicyclic) bond motifs is 1. The Hall–Kier alpha value is -0.800. The summed E-state index contributed by atoms with van der Waals surface area (Å²) in [5.74, 6) is 1.04. The second-order valence-electron chi connectivity index (χ2n) is 4.83. The van der Waals surface area contributed by atoms with Gasteiger partial charge in [-0.25, -0.2) is 0 Å². The van der Waals surface area contributed by atoms with Crippen molar-refractivity contribution in [2.24, 2.45) is 0 Å². The van der Waals surface area contributed by atoms with Crippen LogP contribution in [0.3, 0.4) is 0 Å². The third kappa shape index (κ3) is 2.59. The van der Waals surface area contributed by atoms with E-state index in [9.17, 15) is 0 Å². The van der Waals surface area contributed by atoms with E-state index in [0.29, 0.717) is 0 Å². The first-order chi connectivity index (χ1) is 9.15. The van der Waals surface area contributed by atoms with Crippen molar-refractivity contribution in [3.63, 3.8) is 0 Å². The van der Waals surface area contributed by atoms with E-state index >= 15 is 0 Å². The Morgan fingerprint density at radius 1 is 1.16 bits per heavy atom. The largest absolute Gasteiger partial charge is 0.493 e. The Balaban J connectivity index is 1.97. The molecule has 0 fully saturated rings. The topological polar surface area (TPSA) is 9.23 Å². The van der Waals surface area contributed by atoms with Gasteiger partial charge in [0.25, 0.3) is 0 Å². The van der Waals surface area contributed by atoms with Crippen molar-refractivity contribution < 1.29 is 4.74 Å². The highest BCUT2D eigenvalue weighted by Crippen LogP contribution is 2.37. The molecule has 2 aromatic rings. The zero-order valence-corrected chi connectivity index (χ0v) is 13.8. The summed E-state index contributed by atoms with van der Waals surface area (Å²) >= 11 is 7.33. The van der Waals surface area contributed by atoms with Gasteiger partial charge in [0.15, 0.2) is 0 Å². The summed E-state index contributed by atoms with van der Waals surface area (Å²) in [7, 11) is 0. The first-order valence-corrected chi connectivity index (χ1v) is 8.02. The van der Waals surface area contributed by atoms with Crippen molar-refractivity contribution in [3.05, 3.63) is 63.1 Å². The second kappa shape index (κ2) is 5.29. The summed E-state index contributed by atoms with van der Waals surface area (Å²) in [6.45, 7) is 2.95. The zero-order valence-electron chi connectivity index (χ0n) is 10.6. The molecule has 0 aromatic heterocycles. The minimum atomic E-state index is 0.228. The van der Waals surface area contributed by atoms with E-state index in [1.165, 1.54) is 22.3 Å². The fraction of sp³-hybridized carbons (Fsp3) is 0.250. The molecular weight excluding hydrogens is 368 g/mol. The van der Waals surface area contributed by atoms with Crippen LogP contribution >= 0.6 is 31.9 Å². The van der Waals surface area contributed by atoms with Gasteiger partial charge in [-0.15, -0.1) is 0 Å². The van der Waals surface area contributed by atoms with Crippen LogP contribution in [0.15, 0.2) is 40.9 Å².